The van der Waals surface area contributed by atoms with Crippen LogP contribution in [-0.2, 0) is 4.74 Å². The lowest BCUT2D eigenvalue weighted by Crippen LogP contribution is -2.49. The first-order valence-corrected chi connectivity index (χ1v) is 6.28. The zero-order valence-electron chi connectivity index (χ0n) is 9.67. The molecule has 2 atom stereocenters. The highest BCUT2D eigenvalue weighted by Gasteiger charge is 2.39. The molecule has 2 fully saturated rings. The first-order chi connectivity index (χ1) is 7.21. The molecule has 0 aromatic carbocycles. The highest BCUT2D eigenvalue weighted by Crippen LogP contribution is 2.26. The maximum Gasteiger partial charge on any atom is 0.105 e. The maximum absolute atomic E-state index is 10.3. The molecule has 2 rings (SSSR count). The summed E-state index contributed by atoms with van der Waals surface area (Å²) in [6.07, 6.45) is 7.34. The van der Waals surface area contributed by atoms with Crippen molar-refractivity contribution >= 4 is 0 Å². The van der Waals surface area contributed by atoms with Crippen LogP contribution in [0.3, 0.4) is 0 Å². The Morgan fingerprint density at radius 1 is 1.33 bits per heavy atom. The third-order valence-corrected chi connectivity index (χ3v) is 3.96. The Labute approximate surface area is 92.2 Å². The first kappa shape index (κ1) is 11.4. The second-order valence-corrected chi connectivity index (χ2v) is 5.08. The molecule has 1 saturated carbocycles. The molecular weight excluding hydrogens is 190 g/mol. The van der Waals surface area contributed by atoms with E-state index in [2.05, 4.69) is 5.32 Å². The molecule has 2 N–H and O–H groups in total. The quantitative estimate of drug-likeness (QED) is 0.745. The molecule has 1 aliphatic heterocycles. The third kappa shape index (κ3) is 2.71. The molecule has 0 spiro atoms. The summed E-state index contributed by atoms with van der Waals surface area (Å²) in [6.45, 7) is 3.36. The van der Waals surface area contributed by atoms with Gasteiger partial charge in [-0.05, 0) is 19.8 Å². The summed E-state index contributed by atoms with van der Waals surface area (Å²) >= 11 is 0. The van der Waals surface area contributed by atoms with Crippen LogP contribution in [-0.4, -0.2) is 36.0 Å². The number of nitrogens with one attached hydrogen (secondary N) is 1. The minimum absolute atomic E-state index is 0.0198. The molecule has 0 aromatic rings. The normalized spacial score (nSPS) is 38.4. The minimum Gasteiger partial charge on any atom is -0.386 e. The molecule has 88 valence electrons. The molecule has 0 aromatic heterocycles. The summed E-state index contributed by atoms with van der Waals surface area (Å²) in [7, 11) is 0. The highest BCUT2D eigenvalue weighted by atomic mass is 16.5. The van der Waals surface area contributed by atoms with Crippen molar-refractivity contribution in [2.45, 2.75) is 63.2 Å². The van der Waals surface area contributed by atoms with Crippen molar-refractivity contribution in [3.63, 3.8) is 0 Å². The minimum atomic E-state index is -0.628. The third-order valence-electron chi connectivity index (χ3n) is 3.96. The summed E-state index contributed by atoms with van der Waals surface area (Å²) in [5.74, 6) is 0. The number of hydrogen-bond acceptors (Lipinski definition) is 3. The summed E-state index contributed by atoms with van der Waals surface area (Å²) in [5, 5.41) is 13.8. The lowest BCUT2D eigenvalue weighted by molar-refractivity contribution is -0.0282. The molecule has 0 amide bonds. The maximum atomic E-state index is 10.3. The topological polar surface area (TPSA) is 41.5 Å². The monoisotopic (exact) mass is 213 g/mol. The van der Waals surface area contributed by atoms with Crippen molar-refractivity contribution in [1.29, 1.82) is 0 Å². The molecule has 2 unspecified atom stereocenters. The summed E-state index contributed by atoms with van der Waals surface area (Å²) in [4.78, 5) is 0. The Kier molecular flexibility index (Phi) is 3.65. The zero-order valence-corrected chi connectivity index (χ0v) is 9.67. The van der Waals surface area contributed by atoms with Crippen LogP contribution in [0.15, 0.2) is 0 Å². The van der Waals surface area contributed by atoms with Gasteiger partial charge in [0.25, 0.3) is 0 Å². The molecule has 15 heavy (non-hydrogen) atoms. The highest BCUT2D eigenvalue weighted by molar-refractivity contribution is 4.92. The molecule has 2 aliphatic rings. The van der Waals surface area contributed by atoms with E-state index in [-0.39, 0.29) is 6.10 Å². The van der Waals surface area contributed by atoms with E-state index in [1.54, 1.807) is 0 Å². The van der Waals surface area contributed by atoms with E-state index in [1.165, 1.54) is 32.1 Å². The number of rotatable bonds is 3. The number of ether oxygens (including phenoxy) is 1. The van der Waals surface area contributed by atoms with Crippen LogP contribution in [0.5, 0.6) is 0 Å². The van der Waals surface area contributed by atoms with E-state index in [0.717, 1.165) is 6.42 Å². The van der Waals surface area contributed by atoms with E-state index in [4.69, 9.17) is 4.74 Å². The fourth-order valence-corrected chi connectivity index (χ4v) is 2.63. The fourth-order valence-electron chi connectivity index (χ4n) is 2.63. The van der Waals surface area contributed by atoms with Crippen molar-refractivity contribution in [1.82, 2.24) is 5.32 Å². The smallest absolute Gasteiger partial charge is 0.105 e. The van der Waals surface area contributed by atoms with Gasteiger partial charge in [-0.1, -0.05) is 19.3 Å². The predicted molar refractivity (Wildman–Crippen MR) is 59.9 cm³/mol. The van der Waals surface area contributed by atoms with Gasteiger partial charge in [0.05, 0.1) is 6.10 Å². The van der Waals surface area contributed by atoms with Crippen LogP contribution in [0, 0.1) is 0 Å². The molecule has 3 heteroatoms. The average molecular weight is 213 g/mol. The molecule has 1 aliphatic carbocycles. The van der Waals surface area contributed by atoms with Gasteiger partial charge in [-0.2, -0.15) is 0 Å². The average Bonchev–Trinajstić information content (AvgIpc) is 2.59. The van der Waals surface area contributed by atoms with E-state index in [1.807, 2.05) is 6.92 Å². The van der Waals surface area contributed by atoms with E-state index >= 15 is 0 Å². The first-order valence-electron chi connectivity index (χ1n) is 6.28. The Morgan fingerprint density at radius 2 is 2.07 bits per heavy atom. The van der Waals surface area contributed by atoms with Gasteiger partial charge in [0.2, 0.25) is 0 Å². The van der Waals surface area contributed by atoms with Crippen molar-refractivity contribution in [3.8, 4) is 0 Å². The van der Waals surface area contributed by atoms with Gasteiger partial charge in [-0.3, -0.25) is 0 Å². The largest absolute Gasteiger partial charge is 0.386 e. The predicted octanol–water partition coefficient (Wildman–Crippen LogP) is 1.45. The summed E-state index contributed by atoms with van der Waals surface area (Å²) in [6, 6.07) is 0.621. The Hall–Kier alpha value is -0.120. The van der Waals surface area contributed by atoms with Crippen molar-refractivity contribution in [3.05, 3.63) is 0 Å². The van der Waals surface area contributed by atoms with Crippen molar-refractivity contribution < 1.29 is 9.84 Å². The molecule has 1 heterocycles. The van der Waals surface area contributed by atoms with E-state index in [9.17, 15) is 5.11 Å². The van der Waals surface area contributed by atoms with Crippen molar-refractivity contribution in [2.75, 3.05) is 13.2 Å². The van der Waals surface area contributed by atoms with Gasteiger partial charge in [0, 0.05) is 25.6 Å². The van der Waals surface area contributed by atoms with Gasteiger partial charge < -0.3 is 15.2 Å². The van der Waals surface area contributed by atoms with Crippen molar-refractivity contribution in [2.24, 2.45) is 0 Å². The van der Waals surface area contributed by atoms with Crippen LogP contribution >= 0.6 is 0 Å². The Morgan fingerprint density at radius 3 is 2.67 bits per heavy atom. The van der Waals surface area contributed by atoms with Crippen LogP contribution in [0.25, 0.3) is 0 Å². The zero-order chi connectivity index (χ0) is 10.7. The van der Waals surface area contributed by atoms with Crippen LogP contribution in [0.1, 0.15) is 45.4 Å². The Balaban J connectivity index is 1.76. The fraction of sp³-hybridized carbons (Fsp3) is 1.00. The van der Waals surface area contributed by atoms with Crippen LogP contribution in [0.4, 0.5) is 0 Å². The molecule has 1 saturated heterocycles. The van der Waals surface area contributed by atoms with Gasteiger partial charge in [0.15, 0.2) is 0 Å². The van der Waals surface area contributed by atoms with Gasteiger partial charge in [-0.15, -0.1) is 0 Å². The standard InChI is InChI=1S/C12H23NO2/c1-10-12(14,7-8-15-10)9-13-11-5-3-2-4-6-11/h10-11,13-14H,2-9H2,1H3. The molecular formula is C12H23NO2. The SMILES string of the molecule is CC1OCCC1(O)CNC1CCCCC1. The summed E-state index contributed by atoms with van der Waals surface area (Å²) in [5.41, 5.74) is -0.628. The Bertz CT molecular complexity index is 204. The van der Waals surface area contributed by atoms with Gasteiger partial charge in [-0.25, -0.2) is 0 Å². The number of hydrogen-bond donors (Lipinski definition) is 2. The van der Waals surface area contributed by atoms with Gasteiger partial charge >= 0.3 is 0 Å². The van der Waals surface area contributed by atoms with E-state index < -0.39 is 5.60 Å². The van der Waals surface area contributed by atoms with Crippen LogP contribution < -0.4 is 5.32 Å². The van der Waals surface area contributed by atoms with E-state index in [0.29, 0.717) is 19.2 Å². The lowest BCUT2D eigenvalue weighted by Gasteiger charge is -2.30. The molecule has 0 bridgehead atoms. The molecule has 3 nitrogen and oxygen atoms in total. The molecule has 0 radical (unpaired) electrons. The van der Waals surface area contributed by atoms with Gasteiger partial charge in [0.1, 0.15) is 5.60 Å². The second kappa shape index (κ2) is 4.81. The number of aliphatic hydroxyl groups is 1. The second-order valence-electron chi connectivity index (χ2n) is 5.08. The lowest BCUT2D eigenvalue weighted by atomic mass is 9.92. The summed E-state index contributed by atoms with van der Waals surface area (Å²) < 4.78 is 5.42. The van der Waals surface area contributed by atoms with Crippen LogP contribution in [0.2, 0.25) is 0 Å².